The first kappa shape index (κ1) is 18.2. The van der Waals surface area contributed by atoms with Gasteiger partial charge >= 0.3 is 0 Å². The van der Waals surface area contributed by atoms with Crippen LogP contribution in [0.3, 0.4) is 0 Å². The number of nitrogens with two attached hydrogens (primary N) is 1. The standard InChI is InChI=1S/C14H32N4O/c1-3-5-6-7-8-9-11-16-14(18-15)17-12-10-13-19-4-2/h3-13,15H2,1-2H3,(H2,16,17,18). The summed E-state index contributed by atoms with van der Waals surface area (Å²) >= 11 is 0. The zero-order chi connectivity index (χ0) is 14.2. The van der Waals surface area contributed by atoms with Crippen molar-refractivity contribution in [3.05, 3.63) is 0 Å². The SMILES string of the molecule is CCCCCCCCNC(=NCCCOCC)NN. The number of unbranched alkanes of at least 4 members (excludes halogenated alkanes) is 5. The Balaban J connectivity index is 3.44. The van der Waals surface area contributed by atoms with E-state index in [1.165, 1.54) is 38.5 Å². The number of nitrogens with one attached hydrogen (secondary N) is 2. The number of hydrazine groups is 1. The second-order valence-corrected chi connectivity index (χ2v) is 4.62. The Labute approximate surface area is 118 Å². The van der Waals surface area contributed by atoms with Crippen LogP contribution < -0.4 is 16.6 Å². The molecule has 0 unspecified atom stereocenters. The molecule has 0 rings (SSSR count). The van der Waals surface area contributed by atoms with Crippen LogP contribution in [-0.4, -0.2) is 32.3 Å². The molecule has 0 saturated heterocycles. The van der Waals surface area contributed by atoms with Crippen molar-refractivity contribution in [3.63, 3.8) is 0 Å². The number of rotatable bonds is 12. The summed E-state index contributed by atoms with van der Waals surface area (Å²) in [5.74, 6) is 6.10. The topological polar surface area (TPSA) is 71.7 Å². The number of hydrogen-bond donors (Lipinski definition) is 3. The quantitative estimate of drug-likeness (QED) is 0.167. The fraction of sp³-hybridized carbons (Fsp3) is 0.929. The molecule has 4 N–H and O–H groups in total. The Morgan fingerprint density at radius 1 is 1.05 bits per heavy atom. The number of guanidine groups is 1. The summed E-state index contributed by atoms with van der Waals surface area (Å²) in [6.45, 7) is 7.43. The molecule has 0 aliphatic heterocycles. The van der Waals surface area contributed by atoms with Gasteiger partial charge in [-0.25, -0.2) is 5.84 Å². The van der Waals surface area contributed by atoms with Gasteiger partial charge in [0.1, 0.15) is 0 Å². The van der Waals surface area contributed by atoms with E-state index in [2.05, 4.69) is 22.7 Å². The van der Waals surface area contributed by atoms with Crippen LogP contribution in [0.5, 0.6) is 0 Å². The highest BCUT2D eigenvalue weighted by Crippen LogP contribution is 2.03. The van der Waals surface area contributed by atoms with Gasteiger partial charge in [0, 0.05) is 26.3 Å². The molecule has 0 aromatic rings. The Morgan fingerprint density at radius 3 is 2.47 bits per heavy atom. The monoisotopic (exact) mass is 272 g/mol. The van der Waals surface area contributed by atoms with Crippen LogP contribution in [0.25, 0.3) is 0 Å². The van der Waals surface area contributed by atoms with Crippen LogP contribution in [0, 0.1) is 0 Å². The fourth-order valence-electron chi connectivity index (χ4n) is 1.77. The van der Waals surface area contributed by atoms with Crippen LogP contribution in [0.1, 0.15) is 58.8 Å². The summed E-state index contributed by atoms with van der Waals surface area (Å²) in [7, 11) is 0. The van der Waals surface area contributed by atoms with Crippen molar-refractivity contribution in [1.29, 1.82) is 0 Å². The van der Waals surface area contributed by atoms with Crippen molar-refractivity contribution in [2.75, 3.05) is 26.3 Å². The van der Waals surface area contributed by atoms with Gasteiger partial charge in [0.05, 0.1) is 0 Å². The summed E-state index contributed by atoms with van der Waals surface area (Å²) < 4.78 is 5.25. The van der Waals surface area contributed by atoms with E-state index in [9.17, 15) is 0 Å². The zero-order valence-electron chi connectivity index (χ0n) is 12.7. The molecule has 0 saturated carbocycles. The van der Waals surface area contributed by atoms with Crippen LogP contribution in [-0.2, 0) is 4.74 Å². The van der Waals surface area contributed by atoms with Gasteiger partial charge in [-0.05, 0) is 19.8 Å². The van der Waals surface area contributed by atoms with Crippen LogP contribution in [0.4, 0.5) is 0 Å². The summed E-state index contributed by atoms with van der Waals surface area (Å²) in [6, 6.07) is 0. The highest BCUT2D eigenvalue weighted by molar-refractivity contribution is 5.79. The minimum Gasteiger partial charge on any atom is -0.382 e. The van der Waals surface area contributed by atoms with E-state index >= 15 is 0 Å². The number of ether oxygens (including phenoxy) is 1. The molecule has 0 heterocycles. The molecule has 0 aromatic carbocycles. The summed E-state index contributed by atoms with van der Waals surface area (Å²) in [5.41, 5.74) is 2.60. The van der Waals surface area contributed by atoms with Crippen molar-refractivity contribution >= 4 is 5.96 Å². The third-order valence-electron chi connectivity index (χ3n) is 2.88. The van der Waals surface area contributed by atoms with Gasteiger partial charge in [0.15, 0.2) is 0 Å². The molecule has 0 aliphatic carbocycles. The first-order chi connectivity index (χ1) is 9.35. The van der Waals surface area contributed by atoms with E-state index in [1.54, 1.807) is 0 Å². The molecule has 0 radical (unpaired) electrons. The lowest BCUT2D eigenvalue weighted by Crippen LogP contribution is -2.42. The number of nitrogens with zero attached hydrogens (tertiary/aromatic N) is 1. The molecule has 0 aromatic heterocycles. The molecule has 5 nitrogen and oxygen atoms in total. The maximum absolute atomic E-state index is 5.42. The van der Waals surface area contributed by atoms with Crippen LogP contribution >= 0.6 is 0 Å². The molecule has 0 amide bonds. The van der Waals surface area contributed by atoms with Gasteiger partial charge < -0.3 is 10.1 Å². The van der Waals surface area contributed by atoms with Gasteiger partial charge in [0.25, 0.3) is 0 Å². The Kier molecular flexibility index (Phi) is 14.6. The number of aliphatic imine (C=N–C) groups is 1. The molecule has 0 bridgehead atoms. The average molecular weight is 272 g/mol. The molecule has 0 spiro atoms. The smallest absolute Gasteiger partial charge is 0.205 e. The predicted octanol–water partition coefficient (Wildman–Crippen LogP) is 2.18. The molecule has 0 atom stereocenters. The lowest BCUT2D eigenvalue weighted by molar-refractivity contribution is 0.146. The van der Waals surface area contributed by atoms with E-state index in [-0.39, 0.29) is 0 Å². The van der Waals surface area contributed by atoms with Crippen LogP contribution in [0.2, 0.25) is 0 Å². The fourth-order valence-corrected chi connectivity index (χ4v) is 1.77. The first-order valence-electron chi connectivity index (χ1n) is 7.67. The van der Waals surface area contributed by atoms with Gasteiger partial charge in [-0.3, -0.25) is 10.4 Å². The van der Waals surface area contributed by atoms with Crippen LogP contribution in [0.15, 0.2) is 4.99 Å². The predicted molar refractivity (Wildman–Crippen MR) is 82.1 cm³/mol. The maximum Gasteiger partial charge on any atom is 0.205 e. The third-order valence-corrected chi connectivity index (χ3v) is 2.88. The molecular formula is C14H32N4O. The number of hydrogen-bond acceptors (Lipinski definition) is 3. The van der Waals surface area contributed by atoms with Crippen molar-refractivity contribution in [2.24, 2.45) is 10.8 Å². The lowest BCUT2D eigenvalue weighted by atomic mass is 10.1. The van der Waals surface area contributed by atoms with Gasteiger partial charge in [-0.1, -0.05) is 39.0 Å². The molecule has 0 fully saturated rings. The Hall–Kier alpha value is -0.810. The first-order valence-corrected chi connectivity index (χ1v) is 7.67. The Morgan fingerprint density at radius 2 is 1.79 bits per heavy atom. The molecule has 19 heavy (non-hydrogen) atoms. The van der Waals surface area contributed by atoms with Gasteiger partial charge in [0.2, 0.25) is 5.96 Å². The molecule has 0 aliphatic rings. The highest BCUT2D eigenvalue weighted by atomic mass is 16.5. The van der Waals surface area contributed by atoms with Crippen molar-refractivity contribution in [3.8, 4) is 0 Å². The zero-order valence-corrected chi connectivity index (χ0v) is 12.7. The molecular weight excluding hydrogens is 240 g/mol. The molecule has 114 valence electrons. The van der Waals surface area contributed by atoms with E-state index in [4.69, 9.17) is 10.6 Å². The summed E-state index contributed by atoms with van der Waals surface area (Å²) in [6.07, 6.45) is 8.70. The van der Waals surface area contributed by atoms with Gasteiger partial charge in [-0.15, -0.1) is 0 Å². The van der Waals surface area contributed by atoms with E-state index in [0.717, 1.165) is 32.7 Å². The van der Waals surface area contributed by atoms with Crippen molar-refractivity contribution in [1.82, 2.24) is 10.7 Å². The van der Waals surface area contributed by atoms with E-state index < -0.39 is 0 Å². The van der Waals surface area contributed by atoms with Crippen molar-refractivity contribution < 1.29 is 4.74 Å². The van der Waals surface area contributed by atoms with Crippen molar-refractivity contribution in [2.45, 2.75) is 58.8 Å². The summed E-state index contributed by atoms with van der Waals surface area (Å²) in [4.78, 5) is 4.35. The normalized spacial score (nSPS) is 11.6. The molecule has 5 heteroatoms. The average Bonchev–Trinajstić information content (AvgIpc) is 2.44. The third kappa shape index (κ3) is 13.4. The lowest BCUT2D eigenvalue weighted by Gasteiger charge is -2.09. The minimum absolute atomic E-state index is 0.685. The van der Waals surface area contributed by atoms with Gasteiger partial charge in [-0.2, -0.15) is 0 Å². The van der Waals surface area contributed by atoms with E-state index in [0.29, 0.717) is 5.96 Å². The second kappa shape index (κ2) is 15.2. The minimum atomic E-state index is 0.685. The summed E-state index contributed by atoms with van der Waals surface area (Å²) in [5, 5.41) is 3.22. The Bertz CT molecular complexity index is 210. The second-order valence-electron chi connectivity index (χ2n) is 4.62. The highest BCUT2D eigenvalue weighted by Gasteiger charge is 1.95. The largest absolute Gasteiger partial charge is 0.382 e. The maximum atomic E-state index is 5.42. The van der Waals surface area contributed by atoms with E-state index in [1.807, 2.05) is 6.92 Å².